The summed E-state index contributed by atoms with van der Waals surface area (Å²) < 4.78 is 0. The van der Waals surface area contributed by atoms with Crippen LogP contribution in [0.5, 0.6) is 0 Å². The highest BCUT2D eigenvalue weighted by molar-refractivity contribution is 5.79. The van der Waals surface area contributed by atoms with Gasteiger partial charge in [0.1, 0.15) is 0 Å². The highest BCUT2D eigenvalue weighted by Crippen LogP contribution is 2.46. The van der Waals surface area contributed by atoms with E-state index in [-0.39, 0.29) is 12.0 Å². The molecule has 0 radical (unpaired) electrons. The fourth-order valence-electron chi connectivity index (χ4n) is 3.19. The van der Waals surface area contributed by atoms with Crippen LogP contribution in [0.2, 0.25) is 0 Å². The van der Waals surface area contributed by atoms with Crippen LogP contribution in [0.1, 0.15) is 36.3 Å². The van der Waals surface area contributed by atoms with Crippen molar-refractivity contribution in [2.24, 2.45) is 0 Å². The van der Waals surface area contributed by atoms with Crippen LogP contribution in [0.15, 0.2) is 48.5 Å². The van der Waals surface area contributed by atoms with Gasteiger partial charge in [-0.3, -0.25) is 0 Å². The van der Waals surface area contributed by atoms with E-state index in [9.17, 15) is 5.11 Å². The third kappa shape index (κ3) is 2.13. The van der Waals surface area contributed by atoms with Crippen molar-refractivity contribution in [2.75, 3.05) is 0 Å². The maximum Gasteiger partial charge on any atom is 0.0650 e. The van der Waals surface area contributed by atoms with Crippen molar-refractivity contribution in [1.29, 1.82) is 0 Å². The quantitative estimate of drug-likeness (QED) is 0.653. The molecule has 1 nitrogen and oxygen atoms in total. The van der Waals surface area contributed by atoms with E-state index in [0.717, 1.165) is 19.3 Å². The smallest absolute Gasteiger partial charge is 0.0650 e. The van der Waals surface area contributed by atoms with E-state index >= 15 is 0 Å². The fourth-order valence-corrected chi connectivity index (χ4v) is 3.19. The van der Waals surface area contributed by atoms with Gasteiger partial charge >= 0.3 is 0 Å². The zero-order valence-electron chi connectivity index (χ0n) is 11.4. The number of hydrogen-bond donors (Lipinski definition) is 1. The highest BCUT2D eigenvalue weighted by atomic mass is 16.3. The lowest BCUT2D eigenvalue weighted by atomic mass is 9.88. The van der Waals surface area contributed by atoms with Gasteiger partial charge in [0.2, 0.25) is 0 Å². The Morgan fingerprint density at radius 1 is 1.00 bits per heavy atom. The Labute approximate surface area is 120 Å². The van der Waals surface area contributed by atoms with Crippen molar-refractivity contribution in [3.8, 4) is 23.5 Å². The Hall–Kier alpha value is -2.04. The highest BCUT2D eigenvalue weighted by Gasteiger charge is 2.32. The van der Waals surface area contributed by atoms with Gasteiger partial charge in [-0.2, -0.15) is 0 Å². The lowest BCUT2D eigenvalue weighted by Crippen LogP contribution is -2.17. The van der Waals surface area contributed by atoms with Crippen LogP contribution in [0.25, 0.3) is 11.1 Å². The molecule has 0 saturated heterocycles. The number of unbranched alkanes of at least 4 members (excludes halogenated alkanes) is 1. The molecule has 0 heterocycles. The summed E-state index contributed by atoms with van der Waals surface area (Å²) in [5.41, 5.74) is 4.98. The molecule has 20 heavy (non-hydrogen) atoms. The Morgan fingerprint density at radius 2 is 1.55 bits per heavy atom. The van der Waals surface area contributed by atoms with Gasteiger partial charge in [-0.05, 0) is 35.1 Å². The van der Waals surface area contributed by atoms with E-state index in [0.29, 0.717) is 0 Å². The summed E-state index contributed by atoms with van der Waals surface area (Å²) in [5, 5.41) is 10.6. The second kappa shape index (κ2) is 5.53. The van der Waals surface area contributed by atoms with E-state index in [4.69, 9.17) is 6.42 Å². The van der Waals surface area contributed by atoms with Crippen LogP contribution in [-0.4, -0.2) is 11.2 Å². The Morgan fingerprint density at radius 3 is 2.10 bits per heavy atom. The second-order valence-corrected chi connectivity index (χ2v) is 5.32. The van der Waals surface area contributed by atoms with Crippen molar-refractivity contribution in [3.63, 3.8) is 0 Å². The van der Waals surface area contributed by atoms with E-state index in [2.05, 4.69) is 42.3 Å². The minimum Gasteiger partial charge on any atom is -0.392 e. The summed E-state index contributed by atoms with van der Waals surface area (Å²) in [6.45, 7) is 0. The molecule has 0 aliphatic heterocycles. The molecule has 2 aromatic carbocycles. The van der Waals surface area contributed by atoms with Crippen LogP contribution in [-0.2, 0) is 0 Å². The van der Waals surface area contributed by atoms with Crippen LogP contribution in [0.4, 0.5) is 0 Å². The largest absolute Gasteiger partial charge is 0.392 e. The van der Waals surface area contributed by atoms with Crippen LogP contribution in [0.3, 0.4) is 0 Å². The maximum absolute atomic E-state index is 10.6. The lowest BCUT2D eigenvalue weighted by Gasteiger charge is -2.20. The monoisotopic (exact) mass is 262 g/mol. The van der Waals surface area contributed by atoms with Crippen LogP contribution >= 0.6 is 0 Å². The minimum atomic E-state index is -0.367. The summed E-state index contributed by atoms with van der Waals surface area (Å²) in [5.74, 6) is 2.72. The summed E-state index contributed by atoms with van der Waals surface area (Å²) in [6.07, 6.45) is 7.27. The van der Waals surface area contributed by atoms with E-state index in [1.807, 2.05) is 12.1 Å². The van der Waals surface area contributed by atoms with Gasteiger partial charge in [0.05, 0.1) is 6.10 Å². The first kappa shape index (κ1) is 13.0. The molecule has 100 valence electrons. The number of rotatable bonds is 4. The van der Waals surface area contributed by atoms with Gasteiger partial charge in [-0.15, -0.1) is 12.3 Å². The molecule has 1 atom stereocenters. The summed E-state index contributed by atoms with van der Waals surface area (Å²) in [4.78, 5) is 0. The maximum atomic E-state index is 10.6. The molecule has 2 aromatic rings. The number of aliphatic hydroxyl groups is 1. The van der Waals surface area contributed by atoms with Crippen molar-refractivity contribution in [3.05, 3.63) is 59.7 Å². The Balaban J connectivity index is 1.97. The third-order valence-electron chi connectivity index (χ3n) is 4.09. The van der Waals surface area contributed by atoms with Gasteiger partial charge in [0, 0.05) is 12.3 Å². The van der Waals surface area contributed by atoms with Gasteiger partial charge in [-0.1, -0.05) is 48.5 Å². The number of hydrogen-bond acceptors (Lipinski definition) is 1. The first-order valence-corrected chi connectivity index (χ1v) is 7.12. The van der Waals surface area contributed by atoms with E-state index in [1.54, 1.807) is 0 Å². The lowest BCUT2D eigenvalue weighted by molar-refractivity contribution is 0.146. The van der Waals surface area contributed by atoms with Crippen LogP contribution < -0.4 is 0 Å². The van der Waals surface area contributed by atoms with Crippen molar-refractivity contribution >= 4 is 0 Å². The molecule has 0 fully saturated rings. The topological polar surface area (TPSA) is 20.2 Å². The number of terminal acetylenes is 1. The predicted molar refractivity (Wildman–Crippen MR) is 82.4 cm³/mol. The second-order valence-electron chi connectivity index (χ2n) is 5.32. The SMILES string of the molecule is C#CCCCC(O)C1c2ccccc2-c2ccccc21. The molecule has 0 bridgehead atoms. The standard InChI is InChI=1S/C19H18O/c1-2-3-4-13-18(20)19-16-11-7-5-9-14(16)15-10-6-8-12-17(15)19/h1,5-12,18-20H,3-4,13H2. The van der Waals surface area contributed by atoms with Crippen molar-refractivity contribution in [1.82, 2.24) is 0 Å². The molecule has 1 aliphatic rings. The molecule has 0 saturated carbocycles. The molecular weight excluding hydrogens is 244 g/mol. The van der Waals surface area contributed by atoms with Gasteiger partial charge in [-0.25, -0.2) is 0 Å². The minimum absolute atomic E-state index is 0.0835. The molecule has 0 aromatic heterocycles. The average Bonchev–Trinajstić information content (AvgIpc) is 2.82. The van der Waals surface area contributed by atoms with Gasteiger partial charge in [0.25, 0.3) is 0 Å². The molecule has 1 heteroatoms. The summed E-state index contributed by atoms with van der Waals surface area (Å²) >= 11 is 0. The van der Waals surface area contributed by atoms with E-state index < -0.39 is 0 Å². The van der Waals surface area contributed by atoms with Gasteiger partial charge < -0.3 is 5.11 Å². The molecule has 0 amide bonds. The van der Waals surface area contributed by atoms with Crippen molar-refractivity contribution < 1.29 is 5.11 Å². The molecular formula is C19H18O. The molecule has 1 aliphatic carbocycles. The third-order valence-corrected chi connectivity index (χ3v) is 4.09. The zero-order valence-corrected chi connectivity index (χ0v) is 11.4. The normalized spacial score (nSPS) is 14.4. The average molecular weight is 262 g/mol. The number of aliphatic hydroxyl groups excluding tert-OH is 1. The van der Waals surface area contributed by atoms with E-state index in [1.165, 1.54) is 22.3 Å². The predicted octanol–water partition coefficient (Wildman–Crippen LogP) is 3.96. The molecule has 3 rings (SSSR count). The number of benzene rings is 2. The zero-order chi connectivity index (χ0) is 13.9. The summed E-state index contributed by atoms with van der Waals surface area (Å²) in [6, 6.07) is 16.8. The van der Waals surface area contributed by atoms with Gasteiger partial charge in [0.15, 0.2) is 0 Å². The number of fused-ring (bicyclic) bond motifs is 3. The molecule has 1 N–H and O–H groups in total. The first-order valence-electron chi connectivity index (χ1n) is 7.12. The van der Waals surface area contributed by atoms with Crippen molar-refractivity contribution in [2.45, 2.75) is 31.3 Å². The Bertz CT molecular complexity index is 605. The summed E-state index contributed by atoms with van der Waals surface area (Å²) in [7, 11) is 0. The van der Waals surface area contributed by atoms with Crippen LogP contribution in [0, 0.1) is 12.3 Å². The first-order chi connectivity index (χ1) is 9.83. The molecule has 1 unspecified atom stereocenters. The Kier molecular flexibility index (Phi) is 3.58. The molecule has 0 spiro atoms. The fraction of sp³-hybridized carbons (Fsp3) is 0.263.